The maximum atomic E-state index is 12.2. The molecule has 2 heterocycles. The van der Waals surface area contributed by atoms with Gasteiger partial charge in [-0.1, -0.05) is 0 Å². The summed E-state index contributed by atoms with van der Waals surface area (Å²) in [4.78, 5) is 17.2. The highest BCUT2D eigenvalue weighted by Gasteiger charge is 2.32. The third-order valence-electron chi connectivity index (χ3n) is 3.51. The topological polar surface area (TPSA) is 76.1 Å². The summed E-state index contributed by atoms with van der Waals surface area (Å²) >= 11 is 1.45. The highest BCUT2D eigenvalue weighted by molar-refractivity contribution is 7.91. The van der Waals surface area contributed by atoms with E-state index in [4.69, 9.17) is 0 Å². The lowest BCUT2D eigenvalue weighted by Gasteiger charge is -2.09. The number of nitrogens with one attached hydrogen (secondary N) is 1. The number of carbonyl (C=O) groups is 1. The van der Waals surface area contributed by atoms with Crippen LogP contribution in [0.1, 0.15) is 45.6 Å². The van der Waals surface area contributed by atoms with Crippen LogP contribution in [0, 0.1) is 6.92 Å². The van der Waals surface area contributed by atoms with Gasteiger partial charge in [0, 0.05) is 12.0 Å². The molecular formula is C12H16N2O3S2. The second-order valence-corrected chi connectivity index (χ2v) is 8.57. The van der Waals surface area contributed by atoms with E-state index >= 15 is 0 Å². The summed E-state index contributed by atoms with van der Waals surface area (Å²) in [6.07, 6.45) is 2.84. The second-order valence-electron chi connectivity index (χ2n) is 5.31. The first-order valence-corrected chi connectivity index (χ1v) is 9.07. The van der Waals surface area contributed by atoms with Crippen LogP contribution in [0.25, 0.3) is 0 Å². The summed E-state index contributed by atoms with van der Waals surface area (Å²) in [5, 5.41) is 3.86. The van der Waals surface area contributed by atoms with Gasteiger partial charge >= 0.3 is 0 Å². The van der Waals surface area contributed by atoms with Gasteiger partial charge < -0.3 is 5.32 Å². The van der Waals surface area contributed by atoms with Gasteiger partial charge in [0.2, 0.25) is 0 Å². The Hall–Kier alpha value is -0.950. The Labute approximate surface area is 116 Å². The number of nitrogens with zero attached hydrogens (tertiary/aromatic N) is 1. The van der Waals surface area contributed by atoms with Crippen LogP contribution in [0.2, 0.25) is 0 Å². The first kappa shape index (κ1) is 13.1. The van der Waals surface area contributed by atoms with Crippen molar-refractivity contribution in [2.24, 2.45) is 0 Å². The van der Waals surface area contributed by atoms with Crippen molar-refractivity contribution in [1.82, 2.24) is 10.3 Å². The third kappa shape index (κ3) is 2.81. The molecule has 1 unspecified atom stereocenters. The molecule has 1 aromatic heterocycles. The van der Waals surface area contributed by atoms with Crippen LogP contribution < -0.4 is 5.32 Å². The van der Waals surface area contributed by atoms with Crippen LogP contribution in [0.3, 0.4) is 0 Å². The summed E-state index contributed by atoms with van der Waals surface area (Å²) in [5.74, 6) is 0.597. The molecule has 104 valence electrons. The zero-order chi connectivity index (χ0) is 13.6. The Morgan fingerprint density at radius 1 is 1.37 bits per heavy atom. The third-order valence-corrected chi connectivity index (χ3v) is 6.60. The van der Waals surface area contributed by atoms with Crippen LogP contribution in [0.4, 0.5) is 0 Å². The van der Waals surface area contributed by atoms with Crippen molar-refractivity contribution in [1.29, 1.82) is 0 Å². The van der Waals surface area contributed by atoms with Crippen molar-refractivity contribution in [2.75, 3.05) is 11.5 Å². The minimum atomic E-state index is -2.96. The van der Waals surface area contributed by atoms with Gasteiger partial charge in [-0.2, -0.15) is 0 Å². The fraction of sp³-hybridized carbons (Fsp3) is 0.667. The molecule has 2 fully saturated rings. The van der Waals surface area contributed by atoms with Gasteiger partial charge in [0.1, 0.15) is 4.88 Å². The quantitative estimate of drug-likeness (QED) is 0.911. The Morgan fingerprint density at radius 2 is 2.11 bits per heavy atom. The molecule has 1 saturated heterocycles. The van der Waals surface area contributed by atoms with Gasteiger partial charge in [0.05, 0.1) is 22.2 Å². The molecule has 2 aliphatic rings. The Kier molecular flexibility index (Phi) is 3.13. The second kappa shape index (κ2) is 4.56. The first-order chi connectivity index (χ1) is 8.94. The molecule has 0 bridgehead atoms. The fourth-order valence-corrected chi connectivity index (χ4v) is 5.11. The van der Waals surface area contributed by atoms with Crippen LogP contribution >= 0.6 is 11.3 Å². The standard InChI is InChI=1S/C12H16N2O3S2/c1-7-10(18-12(13-7)8-2-3-8)11(15)14-9-4-5-19(16,17)6-9/h8-9H,2-6H2,1H3,(H,14,15). The Bertz CT molecular complexity index is 617. The molecular weight excluding hydrogens is 284 g/mol. The molecule has 1 amide bonds. The molecule has 19 heavy (non-hydrogen) atoms. The Morgan fingerprint density at radius 3 is 2.68 bits per heavy atom. The molecule has 7 heteroatoms. The molecule has 5 nitrogen and oxygen atoms in total. The minimum Gasteiger partial charge on any atom is -0.347 e. The van der Waals surface area contributed by atoms with Gasteiger partial charge in [0.15, 0.2) is 9.84 Å². The predicted molar refractivity (Wildman–Crippen MR) is 73.4 cm³/mol. The number of rotatable bonds is 3. The summed E-state index contributed by atoms with van der Waals surface area (Å²) in [6.45, 7) is 1.84. The smallest absolute Gasteiger partial charge is 0.263 e. The number of hydrogen-bond donors (Lipinski definition) is 1. The lowest BCUT2D eigenvalue weighted by molar-refractivity contribution is 0.0944. The molecule has 3 rings (SSSR count). The van der Waals surface area contributed by atoms with Crippen molar-refractivity contribution in [3.05, 3.63) is 15.6 Å². The van der Waals surface area contributed by atoms with E-state index in [9.17, 15) is 13.2 Å². The molecule has 1 aliphatic carbocycles. The number of amides is 1. The highest BCUT2D eigenvalue weighted by Crippen LogP contribution is 2.42. The van der Waals surface area contributed by atoms with Crippen LogP contribution in [-0.2, 0) is 9.84 Å². The largest absolute Gasteiger partial charge is 0.347 e. The highest BCUT2D eigenvalue weighted by atomic mass is 32.2. The molecule has 0 spiro atoms. The molecule has 1 saturated carbocycles. The van der Waals surface area contributed by atoms with Gasteiger partial charge in [-0.3, -0.25) is 4.79 Å². The number of carbonyl (C=O) groups excluding carboxylic acids is 1. The molecule has 0 aromatic carbocycles. The van der Waals surface area contributed by atoms with Crippen molar-refractivity contribution in [2.45, 2.75) is 38.1 Å². The number of thiazole rings is 1. The number of hydrogen-bond acceptors (Lipinski definition) is 5. The van der Waals surface area contributed by atoms with Gasteiger partial charge in [-0.05, 0) is 26.2 Å². The average molecular weight is 300 g/mol. The number of aromatic nitrogens is 1. The van der Waals surface area contributed by atoms with E-state index in [-0.39, 0.29) is 23.5 Å². The molecule has 0 radical (unpaired) electrons. The maximum Gasteiger partial charge on any atom is 0.263 e. The van der Waals surface area contributed by atoms with Crippen molar-refractivity contribution >= 4 is 27.1 Å². The van der Waals surface area contributed by atoms with Crippen LogP contribution in [0.5, 0.6) is 0 Å². The summed E-state index contributed by atoms with van der Waals surface area (Å²) < 4.78 is 22.7. The lowest BCUT2D eigenvalue weighted by atomic mass is 10.2. The molecule has 1 atom stereocenters. The fourth-order valence-electron chi connectivity index (χ4n) is 2.29. The van der Waals surface area contributed by atoms with E-state index in [0.29, 0.717) is 17.2 Å². The van der Waals surface area contributed by atoms with Crippen molar-refractivity contribution < 1.29 is 13.2 Å². The monoisotopic (exact) mass is 300 g/mol. The van der Waals surface area contributed by atoms with Crippen LogP contribution in [-0.4, -0.2) is 36.9 Å². The summed E-state index contributed by atoms with van der Waals surface area (Å²) in [7, 11) is -2.96. The first-order valence-electron chi connectivity index (χ1n) is 6.43. The van der Waals surface area contributed by atoms with E-state index in [1.54, 1.807) is 0 Å². The summed E-state index contributed by atoms with van der Waals surface area (Å²) in [6, 6.07) is -0.247. The normalized spacial score (nSPS) is 25.4. The van der Waals surface area contributed by atoms with E-state index in [1.165, 1.54) is 11.3 Å². The van der Waals surface area contributed by atoms with Gasteiger partial charge in [-0.25, -0.2) is 13.4 Å². The van der Waals surface area contributed by atoms with E-state index in [2.05, 4.69) is 10.3 Å². The van der Waals surface area contributed by atoms with Gasteiger partial charge in [0.25, 0.3) is 5.91 Å². The average Bonchev–Trinajstić information content (AvgIpc) is 3.02. The number of aryl methyl sites for hydroxylation is 1. The van der Waals surface area contributed by atoms with E-state index < -0.39 is 9.84 Å². The maximum absolute atomic E-state index is 12.2. The zero-order valence-corrected chi connectivity index (χ0v) is 12.3. The van der Waals surface area contributed by atoms with E-state index in [0.717, 1.165) is 23.5 Å². The SMILES string of the molecule is Cc1nc(C2CC2)sc1C(=O)NC1CCS(=O)(=O)C1. The summed E-state index contributed by atoms with van der Waals surface area (Å²) in [5.41, 5.74) is 0.755. The molecule has 1 aromatic rings. The van der Waals surface area contributed by atoms with Crippen LogP contribution in [0.15, 0.2) is 0 Å². The Balaban J connectivity index is 1.70. The van der Waals surface area contributed by atoms with E-state index in [1.807, 2.05) is 6.92 Å². The molecule has 1 aliphatic heterocycles. The lowest BCUT2D eigenvalue weighted by Crippen LogP contribution is -2.35. The van der Waals surface area contributed by atoms with Gasteiger partial charge in [-0.15, -0.1) is 11.3 Å². The molecule has 1 N–H and O–H groups in total. The van der Waals surface area contributed by atoms with Crippen molar-refractivity contribution in [3.63, 3.8) is 0 Å². The number of sulfone groups is 1. The van der Waals surface area contributed by atoms with Crippen molar-refractivity contribution in [3.8, 4) is 0 Å². The zero-order valence-electron chi connectivity index (χ0n) is 10.7. The predicted octanol–water partition coefficient (Wildman–Crippen LogP) is 1.25. The minimum absolute atomic E-state index is 0.0616.